The monoisotopic (exact) mass is 579 g/mol. The molecule has 1 aromatic carbocycles. The Morgan fingerprint density at radius 3 is 2.45 bits per heavy atom. The summed E-state index contributed by atoms with van der Waals surface area (Å²) in [5.74, 6) is -1.24. The molecule has 1 amide bonds. The molecule has 2 aromatic heterocycles. The highest BCUT2D eigenvalue weighted by atomic mass is 32.2. The summed E-state index contributed by atoms with van der Waals surface area (Å²) in [6.07, 6.45) is -0.570. The molecule has 1 aliphatic carbocycles. The van der Waals surface area contributed by atoms with Gasteiger partial charge < -0.3 is 21.1 Å². The highest BCUT2D eigenvalue weighted by molar-refractivity contribution is 7.92. The van der Waals surface area contributed by atoms with Crippen molar-refractivity contribution in [2.45, 2.75) is 44.5 Å². The maximum Gasteiger partial charge on any atom is 0.421 e. The topological polar surface area (TPSA) is 158 Å². The van der Waals surface area contributed by atoms with Gasteiger partial charge in [0.05, 0.1) is 11.4 Å². The predicted molar refractivity (Wildman–Crippen MR) is 143 cm³/mol. The lowest BCUT2D eigenvalue weighted by Gasteiger charge is -2.36. The number of halogens is 3. The van der Waals surface area contributed by atoms with Crippen molar-refractivity contribution in [3.05, 3.63) is 65.5 Å². The van der Waals surface area contributed by atoms with Gasteiger partial charge in [0.25, 0.3) is 5.91 Å². The summed E-state index contributed by atoms with van der Waals surface area (Å²) in [4.78, 5) is 24.1. The van der Waals surface area contributed by atoms with E-state index in [2.05, 4.69) is 35.6 Å². The molecule has 0 aliphatic heterocycles. The Morgan fingerprint density at radius 1 is 1.10 bits per heavy atom. The largest absolute Gasteiger partial charge is 0.421 e. The summed E-state index contributed by atoms with van der Waals surface area (Å²) < 4.78 is 67.2. The van der Waals surface area contributed by atoms with Gasteiger partial charge >= 0.3 is 6.18 Å². The lowest BCUT2D eigenvalue weighted by molar-refractivity contribution is -0.137. The van der Waals surface area contributed by atoms with Gasteiger partial charge in [-0.1, -0.05) is 6.07 Å². The van der Waals surface area contributed by atoms with Crippen molar-refractivity contribution in [3.63, 3.8) is 0 Å². The highest BCUT2D eigenvalue weighted by Crippen LogP contribution is 2.34. The van der Waals surface area contributed by atoms with Gasteiger partial charge in [0.1, 0.15) is 17.2 Å². The summed E-state index contributed by atoms with van der Waals surface area (Å²) >= 11 is 0. The number of hydrogen-bond acceptors (Lipinski definition) is 9. The first-order valence-electron chi connectivity index (χ1n) is 12.4. The Morgan fingerprint density at radius 2 is 1.82 bits per heavy atom. The zero-order valence-corrected chi connectivity index (χ0v) is 22.2. The quantitative estimate of drug-likeness (QED) is 0.229. The Balaban J connectivity index is 1.47. The number of amides is 1. The van der Waals surface area contributed by atoms with E-state index < -0.39 is 33.2 Å². The normalized spacial score (nSPS) is 14.6. The van der Waals surface area contributed by atoms with Crippen LogP contribution in [0.25, 0.3) is 0 Å². The fourth-order valence-corrected chi connectivity index (χ4v) is 4.42. The number of benzene rings is 1. The second-order valence-electron chi connectivity index (χ2n) is 9.29. The van der Waals surface area contributed by atoms with Crippen molar-refractivity contribution < 1.29 is 31.5 Å². The van der Waals surface area contributed by atoms with Gasteiger partial charge in [0.15, 0.2) is 0 Å². The molecule has 0 saturated heterocycles. The van der Waals surface area contributed by atoms with E-state index in [-0.39, 0.29) is 36.5 Å². The van der Waals surface area contributed by atoms with Crippen LogP contribution in [0.2, 0.25) is 0 Å². The minimum Gasteiger partial charge on any atom is -0.388 e. The molecule has 40 heavy (non-hydrogen) atoms. The standard InChI is InChI=1S/C25H28F3N7O4S/c1-2-40(38,39)35-20-17(5-3-12-29-20)13-30-21-19(25(26,27)28)14-31-23(34-21)33-18-8-6-16(7-9-18)22(36)32-15-24(37)10-4-11-24/h3,5-9,12,14,37H,2,4,10-11,13,15H2,1H3,(H,29,35)(H,32,36)(H2,30,31,33,34). The number of pyridine rings is 1. The van der Waals surface area contributed by atoms with Crippen LogP contribution in [0, 0.1) is 0 Å². The summed E-state index contributed by atoms with van der Waals surface area (Å²) in [7, 11) is -3.66. The number of aromatic nitrogens is 3. The molecular weight excluding hydrogens is 551 g/mol. The van der Waals surface area contributed by atoms with Gasteiger partial charge in [0.2, 0.25) is 16.0 Å². The number of hydrogen-bond donors (Lipinski definition) is 5. The number of sulfonamides is 1. The number of rotatable bonds is 11. The van der Waals surface area contributed by atoms with Gasteiger partial charge in [-0.25, -0.2) is 18.4 Å². The molecule has 11 nitrogen and oxygen atoms in total. The molecule has 15 heteroatoms. The third kappa shape index (κ3) is 7.35. The van der Waals surface area contributed by atoms with Crippen LogP contribution in [0.5, 0.6) is 0 Å². The minimum absolute atomic E-state index is 0.0104. The summed E-state index contributed by atoms with van der Waals surface area (Å²) in [6.45, 7) is 1.39. The van der Waals surface area contributed by atoms with Crippen molar-refractivity contribution in [1.29, 1.82) is 0 Å². The van der Waals surface area contributed by atoms with Crippen LogP contribution in [-0.2, 0) is 22.7 Å². The first-order valence-corrected chi connectivity index (χ1v) is 14.0. The first-order chi connectivity index (χ1) is 18.9. The zero-order valence-electron chi connectivity index (χ0n) is 21.4. The molecule has 1 fully saturated rings. The second-order valence-corrected chi connectivity index (χ2v) is 11.3. The lowest BCUT2D eigenvalue weighted by Crippen LogP contribution is -2.47. The average Bonchev–Trinajstić information content (AvgIpc) is 2.90. The van der Waals surface area contributed by atoms with E-state index in [1.807, 2.05) is 0 Å². The third-order valence-corrected chi connectivity index (χ3v) is 7.59. The minimum atomic E-state index is -4.76. The van der Waals surface area contributed by atoms with E-state index in [1.54, 1.807) is 12.1 Å². The van der Waals surface area contributed by atoms with E-state index >= 15 is 0 Å². The molecule has 5 N–H and O–H groups in total. The summed E-state index contributed by atoms with van der Waals surface area (Å²) in [6, 6.07) is 9.18. The Hall–Kier alpha value is -3.98. The number of nitrogens with one attached hydrogen (secondary N) is 4. The van der Waals surface area contributed by atoms with Crippen LogP contribution in [0.15, 0.2) is 48.8 Å². The molecule has 1 saturated carbocycles. The van der Waals surface area contributed by atoms with E-state index in [9.17, 15) is 31.5 Å². The molecule has 0 bridgehead atoms. The second kappa shape index (κ2) is 11.6. The van der Waals surface area contributed by atoms with Gasteiger partial charge in [-0.2, -0.15) is 18.2 Å². The molecule has 0 unspecified atom stereocenters. The Labute approximate surface area is 228 Å². The van der Waals surface area contributed by atoms with Crippen molar-refractivity contribution in [2.24, 2.45) is 0 Å². The van der Waals surface area contributed by atoms with Gasteiger partial charge in [0, 0.05) is 42.3 Å². The van der Waals surface area contributed by atoms with Crippen molar-refractivity contribution >= 4 is 39.2 Å². The molecule has 0 spiro atoms. The van der Waals surface area contributed by atoms with Crippen LogP contribution >= 0.6 is 0 Å². The Kier molecular flexibility index (Phi) is 8.44. The number of alkyl halides is 3. The van der Waals surface area contributed by atoms with E-state index in [4.69, 9.17) is 0 Å². The van der Waals surface area contributed by atoms with Crippen LogP contribution in [0.4, 0.5) is 36.4 Å². The molecule has 4 rings (SSSR count). The summed E-state index contributed by atoms with van der Waals surface area (Å²) in [5, 5.41) is 18.2. The molecular formula is C25H28F3N7O4S. The molecule has 1 aliphatic rings. The van der Waals surface area contributed by atoms with Gasteiger partial charge in [-0.15, -0.1) is 0 Å². The molecule has 0 radical (unpaired) electrons. The zero-order chi connectivity index (χ0) is 29.0. The van der Waals surface area contributed by atoms with Crippen molar-refractivity contribution in [1.82, 2.24) is 20.3 Å². The van der Waals surface area contributed by atoms with E-state index in [0.717, 1.165) is 6.42 Å². The number of carbonyl (C=O) groups excluding carboxylic acids is 1. The number of anilines is 4. The predicted octanol–water partition coefficient (Wildman–Crippen LogP) is 3.65. The van der Waals surface area contributed by atoms with Gasteiger partial charge in [-0.3, -0.25) is 9.52 Å². The SMILES string of the molecule is CCS(=O)(=O)Nc1ncccc1CNc1nc(Nc2ccc(C(=O)NCC3(O)CCC3)cc2)ncc1C(F)(F)F. The smallest absolute Gasteiger partial charge is 0.388 e. The summed E-state index contributed by atoms with van der Waals surface area (Å²) in [5.41, 5.74) is -0.902. The fourth-order valence-electron chi connectivity index (χ4n) is 3.80. The maximum atomic E-state index is 13.7. The fraction of sp³-hybridized carbons (Fsp3) is 0.360. The van der Waals surface area contributed by atoms with Crippen LogP contribution < -0.4 is 20.7 Å². The number of nitrogens with zero attached hydrogens (tertiary/aromatic N) is 3. The molecule has 214 valence electrons. The van der Waals surface area contributed by atoms with Crippen LogP contribution in [0.1, 0.15) is 47.7 Å². The molecule has 0 atom stereocenters. The maximum absolute atomic E-state index is 13.7. The van der Waals surface area contributed by atoms with E-state index in [1.165, 1.54) is 37.4 Å². The Bertz CT molecular complexity index is 1460. The highest BCUT2D eigenvalue weighted by Gasteiger charge is 2.36. The molecule has 2 heterocycles. The third-order valence-electron chi connectivity index (χ3n) is 6.33. The number of carbonyl (C=O) groups is 1. The lowest BCUT2D eigenvalue weighted by atomic mass is 9.80. The van der Waals surface area contributed by atoms with Crippen molar-refractivity contribution in [2.75, 3.05) is 27.7 Å². The van der Waals surface area contributed by atoms with Crippen molar-refractivity contribution in [3.8, 4) is 0 Å². The van der Waals surface area contributed by atoms with Crippen LogP contribution in [0.3, 0.4) is 0 Å². The van der Waals surface area contributed by atoms with Crippen LogP contribution in [-0.4, -0.2) is 52.3 Å². The number of aliphatic hydroxyl groups is 1. The first kappa shape index (κ1) is 29.0. The average molecular weight is 580 g/mol. The molecule has 3 aromatic rings. The van der Waals surface area contributed by atoms with E-state index in [0.29, 0.717) is 35.9 Å². The van der Waals surface area contributed by atoms with Gasteiger partial charge in [-0.05, 0) is 56.5 Å².